The van der Waals surface area contributed by atoms with Gasteiger partial charge in [-0.05, 0) is 44.2 Å². The number of aromatic nitrogens is 2. The molecule has 0 saturated carbocycles. The van der Waals surface area contributed by atoms with Crippen LogP contribution >= 0.6 is 0 Å². The van der Waals surface area contributed by atoms with Crippen LogP contribution in [0.2, 0.25) is 0 Å². The van der Waals surface area contributed by atoms with Crippen LogP contribution in [-0.4, -0.2) is 28.7 Å². The van der Waals surface area contributed by atoms with Gasteiger partial charge in [0.1, 0.15) is 5.75 Å². The average molecular weight is 313 g/mol. The maximum Gasteiger partial charge on any atom is 0.239 e. The standard InChI is InChI=1S/C17H19N3O3/c1-11-8-12(2)19(18-11)10-13-9-16(21)20(17(13)22)14-4-6-15(23-3)7-5-14/h4-8,13H,9-10H2,1-3H3. The van der Waals surface area contributed by atoms with Gasteiger partial charge in [-0.15, -0.1) is 0 Å². The molecule has 2 amide bonds. The highest BCUT2D eigenvalue weighted by Crippen LogP contribution is 2.29. The fourth-order valence-corrected chi connectivity index (χ4v) is 2.91. The van der Waals surface area contributed by atoms with Crippen molar-refractivity contribution in [2.75, 3.05) is 12.0 Å². The van der Waals surface area contributed by atoms with E-state index in [1.807, 2.05) is 19.9 Å². The van der Waals surface area contributed by atoms with Crippen molar-refractivity contribution < 1.29 is 14.3 Å². The number of anilines is 1. The molecule has 0 aliphatic carbocycles. The number of rotatable bonds is 4. The third-order valence-electron chi connectivity index (χ3n) is 4.07. The number of methoxy groups -OCH3 is 1. The van der Waals surface area contributed by atoms with Gasteiger partial charge >= 0.3 is 0 Å². The first-order chi connectivity index (χ1) is 11.0. The van der Waals surface area contributed by atoms with Crippen molar-refractivity contribution in [1.29, 1.82) is 0 Å². The quantitative estimate of drug-likeness (QED) is 0.811. The van der Waals surface area contributed by atoms with Crippen LogP contribution in [0.25, 0.3) is 0 Å². The van der Waals surface area contributed by atoms with Gasteiger partial charge in [-0.1, -0.05) is 0 Å². The molecule has 6 nitrogen and oxygen atoms in total. The summed E-state index contributed by atoms with van der Waals surface area (Å²) in [4.78, 5) is 26.2. The second-order valence-electron chi connectivity index (χ2n) is 5.78. The molecule has 2 heterocycles. The lowest BCUT2D eigenvalue weighted by molar-refractivity contribution is -0.122. The van der Waals surface area contributed by atoms with Crippen LogP contribution in [0.5, 0.6) is 5.75 Å². The van der Waals surface area contributed by atoms with Gasteiger partial charge in [0.05, 0.1) is 31.0 Å². The molecule has 6 heteroatoms. The van der Waals surface area contributed by atoms with E-state index in [0.717, 1.165) is 11.4 Å². The summed E-state index contributed by atoms with van der Waals surface area (Å²) in [5.74, 6) is -0.0333. The molecule has 1 atom stereocenters. The third-order valence-corrected chi connectivity index (χ3v) is 4.07. The summed E-state index contributed by atoms with van der Waals surface area (Å²) in [6.07, 6.45) is 0.212. The number of carbonyl (C=O) groups excluding carboxylic acids is 2. The molecule has 1 unspecified atom stereocenters. The summed E-state index contributed by atoms with van der Waals surface area (Å²) in [5.41, 5.74) is 2.48. The predicted octanol–water partition coefficient (Wildman–Crippen LogP) is 2.09. The summed E-state index contributed by atoms with van der Waals surface area (Å²) >= 11 is 0. The Morgan fingerprint density at radius 3 is 2.48 bits per heavy atom. The number of amides is 2. The van der Waals surface area contributed by atoms with Crippen molar-refractivity contribution >= 4 is 17.5 Å². The molecule has 1 aromatic carbocycles. The zero-order valence-electron chi connectivity index (χ0n) is 13.4. The van der Waals surface area contributed by atoms with E-state index in [1.54, 1.807) is 36.1 Å². The second kappa shape index (κ2) is 5.87. The molecule has 1 aromatic heterocycles. The maximum absolute atomic E-state index is 12.6. The molecule has 23 heavy (non-hydrogen) atoms. The van der Waals surface area contributed by atoms with Crippen molar-refractivity contribution in [2.24, 2.45) is 5.92 Å². The van der Waals surface area contributed by atoms with Crippen LogP contribution in [0.3, 0.4) is 0 Å². The molecule has 1 aliphatic heterocycles. The number of carbonyl (C=O) groups is 2. The summed E-state index contributed by atoms with van der Waals surface area (Å²) in [6, 6.07) is 8.89. The van der Waals surface area contributed by atoms with Crippen molar-refractivity contribution in [3.63, 3.8) is 0 Å². The molecular formula is C17H19N3O3. The number of hydrogen-bond acceptors (Lipinski definition) is 4. The third kappa shape index (κ3) is 2.84. The van der Waals surface area contributed by atoms with Crippen molar-refractivity contribution in [2.45, 2.75) is 26.8 Å². The van der Waals surface area contributed by atoms with E-state index in [9.17, 15) is 9.59 Å². The number of nitrogens with zero attached hydrogens (tertiary/aromatic N) is 3. The minimum atomic E-state index is -0.373. The Labute approximate surface area is 134 Å². The normalized spacial score (nSPS) is 17.9. The SMILES string of the molecule is COc1ccc(N2C(=O)CC(Cn3nc(C)cc3C)C2=O)cc1. The number of aryl methyl sites for hydroxylation is 2. The lowest BCUT2D eigenvalue weighted by atomic mass is 10.1. The van der Waals surface area contributed by atoms with Crippen LogP contribution in [0.4, 0.5) is 5.69 Å². The van der Waals surface area contributed by atoms with Crippen LogP contribution in [0.15, 0.2) is 30.3 Å². The Kier molecular flexibility index (Phi) is 3.90. The minimum absolute atomic E-state index is 0.173. The van der Waals surface area contributed by atoms with Gasteiger partial charge < -0.3 is 4.74 Å². The Balaban J connectivity index is 1.80. The topological polar surface area (TPSA) is 64.4 Å². The van der Waals surface area contributed by atoms with Gasteiger partial charge in [0.25, 0.3) is 0 Å². The van der Waals surface area contributed by atoms with E-state index >= 15 is 0 Å². The summed E-state index contributed by atoms with van der Waals surface area (Å²) in [5, 5.41) is 4.37. The fourth-order valence-electron chi connectivity index (χ4n) is 2.91. The molecule has 1 fully saturated rings. The Morgan fingerprint density at radius 2 is 1.91 bits per heavy atom. The van der Waals surface area contributed by atoms with E-state index in [1.165, 1.54) is 4.90 Å². The molecule has 120 valence electrons. The van der Waals surface area contributed by atoms with E-state index in [-0.39, 0.29) is 24.2 Å². The second-order valence-corrected chi connectivity index (χ2v) is 5.78. The smallest absolute Gasteiger partial charge is 0.239 e. The Morgan fingerprint density at radius 1 is 1.22 bits per heavy atom. The lowest BCUT2D eigenvalue weighted by Gasteiger charge is -2.15. The molecular weight excluding hydrogens is 294 g/mol. The van der Waals surface area contributed by atoms with Crippen molar-refractivity contribution in [3.05, 3.63) is 41.7 Å². The van der Waals surface area contributed by atoms with Gasteiger partial charge in [0.15, 0.2) is 0 Å². The molecule has 1 saturated heterocycles. The van der Waals surface area contributed by atoms with Crippen LogP contribution in [0.1, 0.15) is 17.8 Å². The van der Waals surface area contributed by atoms with Gasteiger partial charge in [0.2, 0.25) is 11.8 Å². The van der Waals surface area contributed by atoms with Crippen molar-refractivity contribution in [3.8, 4) is 5.75 Å². The number of imide groups is 1. The Hall–Kier alpha value is -2.63. The van der Waals surface area contributed by atoms with Crippen LogP contribution in [0, 0.1) is 19.8 Å². The monoisotopic (exact) mass is 313 g/mol. The number of ether oxygens (including phenoxy) is 1. The summed E-state index contributed by atoms with van der Waals surface area (Å²) in [6.45, 7) is 4.29. The van der Waals surface area contributed by atoms with Gasteiger partial charge in [-0.2, -0.15) is 5.10 Å². The van der Waals surface area contributed by atoms with Gasteiger partial charge in [0, 0.05) is 12.1 Å². The molecule has 3 rings (SSSR count). The van der Waals surface area contributed by atoms with Crippen molar-refractivity contribution in [1.82, 2.24) is 9.78 Å². The first-order valence-electron chi connectivity index (χ1n) is 7.51. The summed E-state index contributed by atoms with van der Waals surface area (Å²) < 4.78 is 6.90. The van der Waals surface area contributed by atoms with Gasteiger partial charge in [-0.3, -0.25) is 19.2 Å². The molecule has 0 N–H and O–H groups in total. The Bertz CT molecular complexity index is 749. The zero-order chi connectivity index (χ0) is 16.6. The zero-order valence-corrected chi connectivity index (χ0v) is 13.4. The molecule has 0 radical (unpaired) electrons. The van der Waals surface area contributed by atoms with E-state index in [4.69, 9.17) is 4.74 Å². The highest BCUT2D eigenvalue weighted by Gasteiger charge is 2.39. The van der Waals surface area contributed by atoms with E-state index < -0.39 is 0 Å². The highest BCUT2D eigenvalue weighted by atomic mass is 16.5. The van der Waals surface area contributed by atoms with Gasteiger partial charge in [-0.25, -0.2) is 0 Å². The maximum atomic E-state index is 12.6. The predicted molar refractivity (Wildman–Crippen MR) is 85.3 cm³/mol. The van der Waals surface area contributed by atoms with Crippen LogP contribution in [-0.2, 0) is 16.1 Å². The highest BCUT2D eigenvalue weighted by molar-refractivity contribution is 6.20. The molecule has 2 aromatic rings. The van der Waals surface area contributed by atoms with E-state index in [2.05, 4.69) is 5.10 Å². The number of benzene rings is 1. The first-order valence-corrected chi connectivity index (χ1v) is 7.51. The summed E-state index contributed by atoms with van der Waals surface area (Å²) in [7, 11) is 1.58. The molecule has 0 spiro atoms. The lowest BCUT2D eigenvalue weighted by Crippen LogP contribution is -2.31. The minimum Gasteiger partial charge on any atom is -0.497 e. The molecule has 0 bridgehead atoms. The average Bonchev–Trinajstić information content (AvgIpc) is 2.99. The van der Waals surface area contributed by atoms with Crippen LogP contribution < -0.4 is 9.64 Å². The first kappa shape index (κ1) is 15.3. The number of hydrogen-bond donors (Lipinski definition) is 0. The van der Waals surface area contributed by atoms with E-state index in [0.29, 0.717) is 18.0 Å². The molecule has 1 aliphatic rings. The largest absolute Gasteiger partial charge is 0.497 e. The fraction of sp³-hybridized carbons (Fsp3) is 0.353.